The summed E-state index contributed by atoms with van der Waals surface area (Å²) in [4.78, 5) is 19.1. The van der Waals surface area contributed by atoms with Crippen molar-refractivity contribution in [2.45, 2.75) is 19.8 Å². The predicted molar refractivity (Wildman–Crippen MR) is 106 cm³/mol. The Balaban J connectivity index is 1.91. The second kappa shape index (κ2) is 8.34. The van der Waals surface area contributed by atoms with E-state index in [1.807, 2.05) is 12.1 Å². The Morgan fingerprint density at radius 1 is 1.07 bits per heavy atom. The van der Waals surface area contributed by atoms with Crippen molar-refractivity contribution >= 4 is 17.2 Å². The number of nitrogens with one attached hydrogen (secondary N) is 1. The minimum atomic E-state index is -0.569. The van der Waals surface area contributed by atoms with Crippen LogP contribution in [0, 0.1) is 10.1 Å². The van der Waals surface area contributed by atoms with Gasteiger partial charge in [-0.3, -0.25) is 10.1 Å². The zero-order valence-electron chi connectivity index (χ0n) is 15.7. The lowest BCUT2D eigenvalue weighted by Crippen LogP contribution is -2.03. The lowest BCUT2D eigenvalue weighted by atomic mass is 10.0. The fraction of sp³-hybridized carbons (Fsp3) is 0.200. The largest absolute Gasteiger partial charge is 0.497 e. The molecule has 144 valence electrons. The molecule has 0 amide bonds. The Kier molecular flexibility index (Phi) is 5.69. The summed E-state index contributed by atoms with van der Waals surface area (Å²) in [7, 11) is 1.54. The van der Waals surface area contributed by atoms with Crippen LogP contribution in [0.2, 0.25) is 0 Å². The Morgan fingerprint density at radius 3 is 2.46 bits per heavy atom. The smallest absolute Gasteiger partial charge is 0.373 e. The van der Waals surface area contributed by atoms with Gasteiger partial charge in [-0.2, -0.15) is 4.98 Å². The molecule has 1 aromatic heterocycles. The molecule has 0 aliphatic heterocycles. The Bertz CT molecular complexity index is 974. The zero-order valence-corrected chi connectivity index (χ0v) is 15.7. The first-order chi connectivity index (χ1) is 13.5. The van der Waals surface area contributed by atoms with Gasteiger partial charge in [-0.15, -0.1) is 0 Å². The molecule has 8 heteroatoms. The SMILES string of the molecule is COc1cccc(Nc2ncnc(Oc3ccc(C(C)C)cc3)c2[N+](=O)[O-])c1. The van der Waals surface area contributed by atoms with Crippen molar-refractivity contribution < 1.29 is 14.4 Å². The van der Waals surface area contributed by atoms with Crippen LogP contribution < -0.4 is 14.8 Å². The van der Waals surface area contributed by atoms with E-state index >= 15 is 0 Å². The van der Waals surface area contributed by atoms with E-state index in [2.05, 4.69) is 29.1 Å². The Morgan fingerprint density at radius 2 is 1.82 bits per heavy atom. The van der Waals surface area contributed by atoms with Gasteiger partial charge in [0.05, 0.1) is 12.0 Å². The van der Waals surface area contributed by atoms with Crippen LogP contribution in [0.3, 0.4) is 0 Å². The molecule has 0 saturated heterocycles. The van der Waals surface area contributed by atoms with E-state index in [9.17, 15) is 10.1 Å². The monoisotopic (exact) mass is 380 g/mol. The molecule has 3 aromatic rings. The maximum atomic E-state index is 11.7. The standard InChI is InChI=1S/C20H20N4O4/c1-13(2)14-7-9-16(10-8-14)28-20-18(24(25)26)19(21-12-22-20)23-15-5-4-6-17(11-15)27-3/h4-13H,1-3H3,(H,21,22,23). The van der Waals surface area contributed by atoms with Crippen LogP contribution in [0.15, 0.2) is 54.9 Å². The van der Waals surface area contributed by atoms with Crippen molar-refractivity contribution in [2.75, 3.05) is 12.4 Å². The lowest BCUT2D eigenvalue weighted by molar-refractivity contribution is -0.385. The van der Waals surface area contributed by atoms with Gasteiger partial charge >= 0.3 is 11.6 Å². The van der Waals surface area contributed by atoms with Crippen molar-refractivity contribution in [3.63, 3.8) is 0 Å². The molecule has 28 heavy (non-hydrogen) atoms. The molecule has 0 radical (unpaired) electrons. The van der Waals surface area contributed by atoms with Gasteiger partial charge in [0.1, 0.15) is 17.8 Å². The number of ether oxygens (including phenoxy) is 2. The Hall–Kier alpha value is -3.68. The lowest BCUT2D eigenvalue weighted by Gasteiger charge is -2.11. The molecular weight excluding hydrogens is 360 g/mol. The maximum Gasteiger partial charge on any atom is 0.373 e. The molecule has 0 saturated carbocycles. The van der Waals surface area contributed by atoms with E-state index in [1.165, 1.54) is 6.33 Å². The van der Waals surface area contributed by atoms with E-state index in [0.29, 0.717) is 23.1 Å². The van der Waals surface area contributed by atoms with E-state index in [-0.39, 0.29) is 17.4 Å². The van der Waals surface area contributed by atoms with Crippen LogP contribution in [-0.2, 0) is 0 Å². The summed E-state index contributed by atoms with van der Waals surface area (Å²) < 4.78 is 10.8. The molecule has 3 rings (SSSR count). The highest BCUT2D eigenvalue weighted by Gasteiger charge is 2.25. The normalized spacial score (nSPS) is 10.6. The zero-order chi connectivity index (χ0) is 20.1. The van der Waals surface area contributed by atoms with Crippen molar-refractivity contribution in [2.24, 2.45) is 0 Å². The predicted octanol–water partition coefficient (Wildman–Crippen LogP) is 5.05. The topological polar surface area (TPSA) is 99.4 Å². The molecule has 0 aliphatic rings. The minimum absolute atomic E-state index is 0.0297. The molecular formula is C20H20N4O4. The van der Waals surface area contributed by atoms with Gasteiger partial charge in [-0.05, 0) is 35.7 Å². The summed E-state index contributed by atoms with van der Waals surface area (Å²) in [6.07, 6.45) is 1.22. The summed E-state index contributed by atoms with van der Waals surface area (Å²) in [5.74, 6) is 1.34. The molecule has 0 fully saturated rings. The van der Waals surface area contributed by atoms with E-state index in [4.69, 9.17) is 9.47 Å². The highest BCUT2D eigenvalue weighted by molar-refractivity contribution is 5.69. The van der Waals surface area contributed by atoms with Gasteiger partial charge in [0.25, 0.3) is 0 Å². The van der Waals surface area contributed by atoms with Crippen LogP contribution in [0.5, 0.6) is 17.4 Å². The third kappa shape index (κ3) is 4.35. The van der Waals surface area contributed by atoms with Crippen LogP contribution in [-0.4, -0.2) is 22.0 Å². The number of hydrogen-bond acceptors (Lipinski definition) is 7. The number of nitro groups is 1. The molecule has 0 bridgehead atoms. The second-order valence-electron chi connectivity index (χ2n) is 6.32. The van der Waals surface area contributed by atoms with Crippen molar-refractivity contribution in [1.82, 2.24) is 9.97 Å². The first-order valence-corrected chi connectivity index (χ1v) is 8.66. The summed E-state index contributed by atoms with van der Waals surface area (Å²) in [6, 6.07) is 14.4. The van der Waals surface area contributed by atoms with E-state index < -0.39 is 4.92 Å². The van der Waals surface area contributed by atoms with Gasteiger partial charge < -0.3 is 14.8 Å². The number of rotatable bonds is 7. The van der Waals surface area contributed by atoms with Crippen molar-refractivity contribution in [3.05, 3.63) is 70.5 Å². The fourth-order valence-electron chi connectivity index (χ4n) is 2.56. The molecule has 0 aliphatic carbocycles. The van der Waals surface area contributed by atoms with Crippen molar-refractivity contribution in [1.29, 1.82) is 0 Å². The molecule has 1 heterocycles. The van der Waals surface area contributed by atoms with E-state index in [0.717, 1.165) is 5.56 Å². The fourth-order valence-corrected chi connectivity index (χ4v) is 2.56. The van der Waals surface area contributed by atoms with Gasteiger partial charge in [0, 0.05) is 11.8 Å². The van der Waals surface area contributed by atoms with Crippen LogP contribution in [0.25, 0.3) is 0 Å². The van der Waals surface area contributed by atoms with Gasteiger partial charge in [-0.25, -0.2) is 4.98 Å². The minimum Gasteiger partial charge on any atom is -0.497 e. The summed E-state index contributed by atoms with van der Waals surface area (Å²) in [5, 5.41) is 14.6. The number of aromatic nitrogens is 2. The first kappa shape index (κ1) is 19.1. The van der Waals surface area contributed by atoms with Crippen molar-refractivity contribution in [3.8, 4) is 17.4 Å². The number of anilines is 2. The van der Waals surface area contributed by atoms with E-state index in [1.54, 1.807) is 43.5 Å². The van der Waals surface area contributed by atoms with Crippen LogP contribution in [0.4, 0.5) is 17.2 Å². The highest BCUT2D eigenvalue weighted by atomic mass is 16.6. The molecule has 1 N–H and O–H groups in total. The van der Waals surface area contributed by atoms with Gasteiger partial charge in [-0.1, -0.05) is 32.0 Å². The average Bonchev–Trinajstić information content (AvgIpc) is 2.68. The number of nitrogens with zero attached hydrogens (tertiary/aromatic N) is 3. The van der Waals surface area contributed by atoms with Crippen LogP contribution >= 0.6 is 0 Å². The number of benzene rings is 2. The summed E-state index contributed by atoms with van der Waals surface area (Å²) >= 11 is 0. The second-order valence-corrected chi connectivity index (χ2v) is 6.32. The third-order valence-electron chi connectivity index (χ3n) is 4.07. The average molecular weight is 380 g/mol. The molecule has 8 nitrogen and oxygen atoms in total. The maximum absolute atomic E-state index is 11.7. The van der Waals surface area contributed by atoms with Gasteiger partial charge in [0.15, 0.2) is 0 Å². The number of hydrogen-bond donors (Lipinski definition) is 1. The molecule has 2 aromatic carbocycles. The summed E-state index contributed by atoms with van der Waals surface area (Å²) in [5.41, 5.74) is 1.39. The molecule has 0 unspecified atom stereocenters. The third-order valence-corrected chi connectivity index (χ3v) is 4.07. The first-order valence-electron chi connectivity index (χ1n) is 8.66. The summed E-state index contributed by atoms with van der Waals surface area (Å²) in [6.45, 7) is 4.17. The highest BCUT2D eigenvalue weighted by Crippen LogP contribution is 2.36. The molecule has 0 spiro atoms. The number of methoxy groups -OCH3 is 1. The van der Waals surface area contributed by atoms with Gasteiger partial charge in [0.2, 0.25) is 5.82 Å². The Labute approximate surface area is 162 Å². The van der Waals surface area contributed by atoms with Crippen LogP contribution in [0.1, 0.15) is 25.3 Å². The quantitative estimate of drug-likeness (QED) is 0.452. The molecule has 0 atom stereocenters.